The first-order valence-corrected chi connectivity index (χ1v) is 7.03. The molecular formula is C14H20N4O. The number of nitrogens with zero attached hydrogens (tertiary/aromatic N) is 4. The van der Waals surface area contributed by atoms with Crippen molar-refractivity contribution in [2.75, 3.05) is 44.2 Å². The molecule has 0 aliphatic carbocycles. The number of amides is 2. The van der Waals surface area contributed by atoms with Crippen LogP contribution in [0.4, 0.5) is 10.5 Å². The number of rotatable bonds is 1. The van der Waals surface area contributed by atoms with Crippen LogP contribution >= 0.6 is 0 Å². The van der Waals surface area contributed by atoms with Gasteiger partial charge < -0.3 is 14.7 Å². The lowest BCUT2D eigenvalue weighted by molar-refractivity contribution is 0.159. The van der Waals surface area contributed by atoms with Gasteiger partial charge in [-0.25, -0.2) is 4.79 Å². The van der Waals surface area contributed by atoms with Gasteiger partial charge in [-0.3, -0.25) is 4.98 Å². The number of pyridine rings is 1. The third-order valence-electron chi connectivity index (χ3n) is 3.94. The van der Waals surface area contributed by atoms with E-state index < -0.39 is 0 Å². The molecule has 1 aromatic heterocycles. The number of aromatic nitrogens is 1. The highest BCUT2D eigenvalue weighted by atomic mass is 16.2. The summed E-state index contributed by atoms with van der Waals surface area (Å²) in [5.41, 5.74) is 1.15. The maximum atomic E-state index is 12.3. The Balaban J connectivity index is 1.56. The Bertz CT molecular complexity index is 422. The second-order valence-corrected chi connectivity index (χ2v) is 5.16. The fourth-order valence-corrected chi connectivity index (χ4v) is 2.81. The van der Waals surface area contributed by atoms with Crippen molar-refractivity contribution in [2.24, 2.45) is 0 Å². The smallest absolute Gasteiger partial charge is 0.320 e. The van der Waals surface area contributed by atoms with E-state index in [-0.39, 0.29) is 6.03 Å². The number of carbonyl (C=O) groups is 1. The summed E-state index contributed by atoms with van der Waals surface area (Å²) in [4.78, 5) is 22.7. The molecule has 0 unspecified atom stereocenters. The summed E-state index contributed by atoms with van der Waals surface area (Å²) in [6.07, 6.45) is 5.98. The lowest BCUT2D eigenvalue weighted by Gasteiger charge is -2.37. The molecule has 0 bridgehead atoms. The number of likely N-dealkylation sites (tertiary alicyclic amines) is 1. The molecule has 1 aromatic rings. The molecule has 5 heteroatoms. The summed E-state index contributed by atoms with van der Waals surface area (Å²) >= 11 is 0. The van der Waals surface area contributed by atoms with E-state index in [1.807, 2.05) is 22.1 Å². The average molecular weight is 260 g/mol. The molecular weight excluding hydrogens is 240 g/mol. The van der Waals surface area contributed by atoms with Gasteiger partial charge in [-0.05, 0) is 25.0 Å². The predicted molar refractivity (Wildman–Crippen MR) is 74.2 cm³/mol. The lowest BCUT2D eigenvalue weighted by atomic mass is 10.3. The molecule has 2 aliphatic rings. The minimum absolute atomic E-state index is 0.225. The van der Waals surface area contributed by atoms with E-state index in [1.54, 1.807) is 6.20 Å². The Hall–Kier alpha value is -1.78. The molecule has 19 heavy (non-hydrogen) atoms. The van der Waals surface area contributed by atoms with Gasteiger partial charge in [0.15, 0.2) is 0 Å². The molecule has 0 atom stereocenters. The van der Waals surface area contributed by atoms with E-state index >= 15 is 0 Å². The molecule has 2 saturated heterocycles. The minimum Gasteiger partial charge on any atom is -0.367 e. The van der Waals surface area contributed by atoms with Gasteiger partial charge in [0.05, 0.1) is 11.9 Å². The Morgan fingerprint density at radius 3 is 2.32 bits per heavy atom. The predicted octanol–water partition coefficient (Wildman–Crippen LogP) is 1.42. The fourth-order valence-electron chi connectivity index (χ4n) is 2.81. The highest BCUT2D eigenvalue weighted by Crippen LogP contribution is 2.16. The molecule has 2 fully saturated rings. The van der Waals surface area contributed by atoms with Crippen molar-refractivity contribution in [1.29, 1.82) is 0 Å². The van der Waals surface area contributed by atoms with Crippen LogP contribution in [0.3, 0.4) is 0 Å². The van der Waals surface area contributed by atoms with Crippen molar-refractivity contribution >= 4 is 11.7 Å². The Morgan fingerprint density at radius 2 is 1.68 bits per heavy atom. The van der Waals surface area contributed by atoms with Crippen LogP contribution < -0.4 is 4.90 Å². The molecule has 102 valence electrons. The molecule has 0 radical (unpaired) electrons. The normalized spacial score (nSPS) is 19.9. The van der Waals surface area contributed by atoms with E-state index in [9.17, 15) is 4.79 Å². The Morgan fingerprint density at radius 1 is 1.00 bits per heavy atom. The quantitative estimate of drug-likeness (QED) is 0.766. The van der Waals surface area contributed by atoms with E-state index in [2.05, 4.69) is 16.0 Å². The van der Waals surface area contributed by atoms with Crippen molar-refractivity contribution in [2.45, 2.75) is 12.8 Å². The number of carbonyl (C=O) groups excluding carboxylic acids is 1. The van der Waals surface area contributed by atoms with E-state index in [4.69, 9.17) is 0 Å². The molecule has 0 aromatic carbocycles. The highest BCUT2D eigenvalue weighted by Gasteiger charge is 2.26. The van der Waals surface area contributed by atoms with Gasteiger partial charge in [0.1, 0.15) is 0 Å². The maximum absolute atomic E-state index is 12.3. The first-order chi connectivity index (χ1) is 9.34. The van der Waals surface area contributed by atoms with Crippen LogP contribution in [0.15, 0.2) is 24.5 Å². The SMILES string of the molecule is O=C(N1CCCC1)N1CCN(c2cccnc2)CC1. The van der Waals surface area contributed by atoms with E-state index in [0.29, 0.717) is 0 Å². The van der Waals surface area contributed by atoms with Gasteiger partial charge in [0.2, 0.25) is 0 Å². The fraction of sp³-hybridized carbons (Fsp3) is 0.571. The molecule has 0 N–H and O–H groups in total. The third-order valence-corrected chi connectivity index (χ3v) is 3.94. The van der Waals surface area contributed by atoms with Crippen LogP contribution in [-0.2, 0) is 0 Å². The van der Waals surface area contributed by atoms with Crippen molar-refractivity contribution in [3.63, 3.8) is 0 Å². The van der Waals surface area contributed by atoms with Gasteiger partial charge in [0.25, 0.3) is 0 Å². The second-order valence-electron chi connectivity index (χ2n) is 5.16. The molecule has 0 saturated carbocycles. The molecule has 3 rings (SSSR count). The largest absolute Gasteiger partial charge is 0.367 e. The summed E-state index contributed by atoms with van der Waals surface area (Å²) in [6.45, 7) is 5.27. The number of hydrogen-bond acceptors (Lipinski definition) is 3. The summed E-state index contributed by atoms with van der Waals surface area (Å²) in [5, 5.41) is 0. The van der Waals surface area contributed by atoms with Gasteiger partial charge in [-0.1, -0.05) is 0 Å². The summed E-state index contributed by atoms with van der Waals surface area (Å²) < 4.78 is 0. The van der Waals surface area contributed by atoms with Crippen LogP contribution in [0.25, 0.3) is 0 Å². The molecule has 3 heterocycles. The van der Waals surface area contributed by atoms with Crippen LogP contribution in [0.1, 0.15) is 12.8 Å². The highest BCUT2D eigenvalue weighted by molar-refractivity contribution is 5.75. The molecule has 2 amide bonds. The monoisotopic (exact) mass is 260 g/mol. The summed E-state index contributed by atoms with van der Waals surface area (Å²) in [6, 6.07) is 4.26. The van der Waals surface area contributed by atoms with Crippen molar-refractivity contribution in [3.05, 3.63) is 24.5 Å². The van der Waals surface area contributed by atoms with Crippen molar-refractivity contribution < 1.29 is 4.79 Å². The number of urea groups is 1. The Kier molecular flexibility index (Phi) is 3.53. The Labute approximate surface area is 113 Å². The van der Waals surface area contributed by atoms with Crippen LogP contribution in [0, 0.1) is 0 Å². The number of piperazine rings is 1. The first kappa shape index (κ1) is 12.3. The average Bonchev–Trinajstić information content (AvgIpc) is 3.02. The van der Waals surface area contributed by atoms with Crippen molar-refractivity contribution in [1.82, 2.24) is 14.8 Å². The third kappa shape index (κ3) is 2.64. The molecule has 5 nitrogen and oxygen atoms in total. The maximum Gasteiger partial charge on any atom is 0.320 e. The zero-order valence-corrected chi connectivity index (χ0v) is 11.2. The number of hydrogen-bond donors (Lipinski definition) is 0. The standard InChI is InChI=1S/C14H20N4O/c19-14(17-6-1-2-7-17)18-10-8-16(9-11-18)13-4-3-5-15-12-13/h3-5,12H,1-2,6-11H2. The summed E-state index contributed by atoms with van der Waals surface area (Å²) in [7, 11) is 0. The van der Waals surface area contributed by atoms with Crippen molar-refractivity contribution in [3.8, 4) is 0 Å². The zero-order valence-electron chi connectivity index (χ0n) is 11.2. The van der Waals surface area contributed by atoms with E-state index in [0.717, 1.165) is 57.8 Å². The van der Waals surface area contributed by atoms with Crippen LogP contribution in [-0.4, -0.2) is 60.1 Å². The van der Waals surface area contributed by atoms with Gasteiger partial charge in [-0.15, -0.1) is 0 Å². The molecule has 0 spiro atoms. The zero-order chi connectivity index (χ0) is 13.1. The molecule has 2 aliphatic heterocycles. The lowest BCUT2D eigenvalue weighted by Crippen LogP contribution is -2.52. The second kappa shape index (κ2) is 5.47. The van der Waals surface area contributed by atoms with Crippen LogP contribution in [0.5, 0.6) is 0 Å². The number of anilines is 1. The van der Waals surface area contributed by atoms with Gasteiger partial charge >= 0.3 is 6.03 Å². The van der Waals surface area contributed by atoms with Gasteiger partial charge in [0, 0.05) is 45.5 Å². The van der Waals surface area contributed by atoms with Gasteiger partial charge in [-0.2, -0.15) is 0 Å². The first-order valence-electron chi connectivity index (χ1n) is 7.03. The summed E-state index contributed by atoms with van der Waals surface area (Å²) in [5.74, 6) is 0. The van der Waals surface area contributed by atoms with E-state index in [1.165, 1.54) is 0 Å². The minimum atomic E-state index is 0.225. The van der Waals surface area contributed by atoms with Crippen LogP contribution in [0.2, 0.25) is 0 Å². The topological polar surface area (TPSA) is 39.7 Å².